The Kier molecular flexibility index (Phi) is 5.03. The average molecular weight is 441 g/mol. The van der Waals surface area contributed by atoms with Crippen molar-refractivity contribution >= 4 is 55.1 Å². The summed E-state index contributed by atoms with van der Waals surface area (Å²) in [5.74, 6) is 0. The number of pyridine rings is 1. The fourth-order valence-electron chi connectivity index (χ4n) is 2.08. The van der Waals surface area contributed by atoms with Crippen molar-refractivity contribution in [2.75, 3.05) is 6.26 Å². The molecule has 0 amide bonds. The molecule has 1 atom stereocenters. The zero-order valence-electron chi connectivity index (χ0n) is 12.7. The van der Waals surface area contributed by atoms with Gasteiger partial charge < -0.3 is 0 Å². The molecule has 0 spiro atoms. The van der Waals surface area contributed by atoms with Crippen LogP contribution in [0.3, 0.4) is 0 Å². The molecule has 3 rings (SSSR count). The minimum atomic E-state index is -4.74. The van der Waals surface area contributed by atoms with Gasteiger partial charge in [0.2, 0.25) is 0 Å². The van der Waals surface area contributed by atoms with E-state index < -0.39 is 37.5 Å². The van der Waals surface area contributed by atoms with E-state index in [-0.39, 0.29) is 15.4 Å². The number of hydrogen-bond donors (Lipinski definition) is 0. The van der Waals surface area contributed by atoms with E-state index in [0.717, 1.165) is 17.9 Å². The quantitative estimate of drug-likeness (QED) is 0.615. The lowest BCUT2D eigenvalue weighted by Gasteiger charge is -2.12. The monoisotopic (exact) mass is 440 g/mol. The molecule has 26 heavy (non-hydrogen) atoms. The van der Waals surface area contributed by atoms with Crippen LogP contribution in [0.4, 0.5) is 13.2 Å². The first-order valence-corrected chi connectivity index (χ1v) is 10.8. The number of fused-ring (bicyclic) bond motifs is 1. The summed E-state index contributed by atoms with van der Waals surface area (Å²) in [6.45, 7) is 0. The number of nitrogens with zero attached hydrogens (tertiary/aromatic N) is 4. The van der Waals surface area contributed by atoms with Gasteiger partial charge in [0.15, 0.2) is 0 Å². The van der Waals surface area contributed by atoms with Gasteiger partial charge in [0.05, 0.1) is 22.3 Å². The lowest BCUT2D eigenvalue weighted by atomic mass is 10.3. The average Bonchev–Trinajstić information content (AvgIpc) is 3.01. The fourth-order valence-corrected chi connectivity index (χ4v) is 5.97. The summed E-state index contributed by atoms with van der Waals surface area (Å²) in [5, 5.41) is -0.715. The van der Waals surface area contributed by atoms with Crippen molar-refractivity contribution in [2.45, 2.75) is 16.1 Å². The molecule has 13 heteroatoms. The molecule has 0 N–H and O–H groups in total. The topological polar surface area (TPSA) is 85.2 Å². The Morgan fingerprint density at radius 3 is 2.69 bits per heavy atom. The van der Waals surface area contributed by atoms with Crippen LogP contribution >= 0.6 is 23.3 Å². The van der Waals surface area contributed by atoms with Gasteiger partial charge in [-0.15, -0.1) is 3.77 Å². The maximum absolute atomic E-state index is 13.2. The first kappa shape index (κ1) is 19.1. The van der Waals surface area contributed by atoms with Crippen LogP contribution in [-0.4, -0.2) is 28.4 Å². The Morgan fingerprint density at radius 2 is 2.00 bits per heavy atom. The predicted molar refractivity (Wildman–Crippen MR) is 92.8 cm³/mol. The van der Waals surface area contributed by atoms with Crippen molar-refractivity contribution in [1.82, 2.24) is 13.7 Å². The lowest BCUT2D eigenvalue weighted by molar-refractivity contribution is -0.140. The standard InChI is InChI=1S/C13H8ClF3N4O2S3/c1-25(12-8(13(15,16)17)5-7(14)6-18-12)21-26(22,23)10-4-2-3-9-11(10)20-24-19-9/h2-6H,1H3/t25-/m1/s1. The van der Waals surface area contributed by atoms with Crippen molar-refractivity contribution in [3.8, 4) is 0 Å². The largest absolute Gasteiger partial charge is 0.419 e. The normalized spacial score (nSPS) is 14.0. The first-order valence-electron chi connectivity index (χ1n) is 6.68. The van der Waals surface area contributed by atoms with Crippen molar-refractivity contribution in [3.63, 3.8) is 0 Å². The molecular weight excluding hydrogens is 433 g/mol. The van der Waals surface area contributed by atoms with E-state index in [1.54, 1.807) is 6.07 Å². The second-order valence-electron chi connectivity index (χ2n) is 4.92. The van der Waals surface area contributed by atoms with Crippen molar-refractivity contribution in [1.29, 1.82) is 0 Å². The van der Waals surface area contributed by atoms with Gasteiger partial charge in [-0.3, -0.25) is 0 Å². The molecule has 6 nitrogen and oxygen atoms in total. The maximum Gasteiger partial charge on any atom is 0.419 e. The molecule has 0 saturated carbocycles. The van der Waals surface area contributed by atoms with Crippen LogP contribution in [0, 0.1) is 0 Å². The van der Waals surface area contributed by atoms with E-state index in [9.17, 15) is 21.6 Å². The van der Waals surface area contributed by atoms with Crippen LogP contribution in [0.2, 0.25) is 5.02 Å². The summed E-state index contributed by atoms with van der Waals surface area (Å²) in [4.78, 5) is 3.43. The van der Waals surface area contributed by atoms with E-state index in [0.29, 0.717) is 11.6 Å². The molecule has 0 aliphatic rings. The summed E-state index contributed by atoms with van der Waals surface area (Å²) < 4.78 is 76.3. The Hall–Kier alpha value is -1.63. The number of alkyl halides is 3. The predicted octanol–water partition coefficient (Wildman–Crippen LogP) is 3.94. The minimum Gasteiger partial charge on any atom is -0.247 e. The molecular formula is C13H8ClF3N4O2S3. The molecule has 0 bridgehead atoms. The van der Waals surface area contributed by atoms with Crippen LogP contribution in [0.25, 0.3) is 11.0 Å². The van der Waals surface area contributed by atoms with E-state index >= 15 is 0 Å². The second-order valence-corrected chi connectivity index (χ2v) is 9.21. The summed E-state index contributed by atoms with van der Waals surface area (Å²) in [5.41, 5.74) is -0.635. The first-order chi connectivity index (χ1) is 12.1. The number of benzene rings is 1. The molecule has 2 heterocycles. The zero-order valence-corrected chi connectivity index (χ0v) is 15.9. The highest BCUT2D eigenvalue weighted by molar-refractivity contribution is 8.00. The highest BCUT2D eigenvalue weighted by atomic mass is 35.5. The van der Waals surface area contributed by atoms with Gasteiger partial charge in [0.25, 0.3) is 10.0 Å². The molecule has 0 aliphatic heterocycles. The van der Waals surface area contributed by atoms with Crippen molar-refractivity contribution in [2.24, 2.45) is 3.77 Å². The van der Waals surface area contributed by atoms with Gasteiger partial charge in [-0.05, 0) is 35.1 Å². The Morgan fingerprint density at radius 1 is 1.27 bits per heavy atom. The van der Waals surface area contributed by atoms with E-state index in [4.69, 9.17) is 11.6 Å². The Labute approximate surface area is 157 Å². The third-order valence-electron chi connectivity index (χ3n) is 3.14. The second kappa shape index (κ2) is 6.83. The molecule has 0 saturated heterocycles. The van der Waals surface area contributed by atoms with Crippen LogP contribution < -0.4 is 0 Å². The molecule has 0 radical (unpaired) electrons. The van der Waals surface area contributed by atoms with Gasteiger partial charge in [-0.2, -0.15) is 30.3 Å². The molecule has 138 valence electrons. The number of sulfonamides is 1. The summed E-state index contributed by atoms with van der Waals surface area (Å²) in [6.07, 6.45) is -2.49. The van der Waals surface area contributed by atoms with Crippen LogP contribution in [0.1, 0.15) is 5.56 Å². The third-order valence-corrected chi connectivity index (χ3v) is 7.34. The summed E-state index contributed by atoms with van der Waals surface area (Å²) in [7, 11) is -5.97. The molecule has 0 fully saturated rings. The van der Waals surface area contributed by atoms with E-state index in [2.05, 4.69) is 17.5 Å². The van der Waals surface area contributed by atoms with Gasteiger partial charge >= 0.3 is 6.18 Å². The van der Waals surface area contributed by atoms with Crippen molar-refractivity contribution in [3.05, 3.63) is 41.0 Å². The van der Waals surface area contributed by atoms with Gasteiger partial charge in [-0.1, -0.05) is 17.7 Å². The number of hydrogen-bond acceptors (Lipinski definition) is 6. The SMILES string of the molecule is C[S@@](=NS(=O)(=O)c1cccc2nsnc12)c1ncc(Cl)cc1C(F)(F)F. The molecule has 0 unspecified atom stereocenters. The van der Waals surface area contributed by atoms with Gasteiger partial charge in [0, 0.05) is 6.20 Å². The fraction of sp³-hybridized carbons (Fsp3) is 0.154. The maximum atomic E-state index is 13.2. The van der Waals surface area contributed by atoms with Gasteiger partial charge in [0.1, 0.15) is 21.0 Å². The molecule has 1 aromatic carbocycles. The highest BCUT2D eigenvalue weighted by Crippen LogP contribution is 2.34. The van der Waals surface area contributed by atoms with Crippen LogP contribution in [0.15, 0.2) is 44.2 Å². The van der Waals surface area contributed by atoms with E-state index in [1.165, 1.54) is 18.4 Å². The summed E-state index contributed by atoms with van der Waals surface area (Å²) >= 11 is 6.41. The van der Waals surface area contributed by atoms with Crippen LogP contribution in [-0.2, 0) is 26.9 Å². The molecule has 3 aromatic rings. The summed E-state index contributed by atoms with van der Waals surface area (Å²) in [6, 6.07) is 5.01. The third kappa shape index (κ3) is 3.72. The van der Waals surface area contributed by atoms with Gasteiger partial charge in [-0.25, -0.2) is 4.98 Å². The number of rotatable bonds is 3. The van der Waals surface area contributed by atoms with Crippen LogP contribution in [0.5, 0.6) is 0 Å². The lowest BCUT2D eigenvalue weighted by Crippen LogP contribution is -2.12. The smallest absolute Gasteiger partial charge is 0.247 e. The van der Waals surface area contributed by atoms with Crippen molar-refractivity contribution < 1.29 is 21.6 Å². The van der Waals surface area contributed by atoms with E-state index in [1.807, 2.05) is 0 Å². The molecule has 0 aliphatic carbocycles. The molecule has 2 aromatic heterocycles. The minimum absolute atomic E-state index is 0.123. The number of aromatic nitrogens is 3. The Bertz CT molecular complexity index is 1130. The Balaban J connectivity index is 2.15. The number of halogens is 4. The highest BCUT2D eigenvalue weighted by Gasteiger charge is 2.35. The zero-order chi connectivity index (χ0) is 19.1.